The highest BCUT2D eigenvalue weighted by Gasteiger charge is 2.24. The predicted molar refractivity (Wildman–Crippen MR) is 138 cm³/mol. The van der Waals surface area contributed by atoms with Crippen molar-refractivity contribution in [2.45, 2.75) is 44.6 Å². The molecule has 1 saturated carbocycles. The molecular weight excluding hydrogens is 487 g/mol. The number of ether oxygens (including phenoxy) is 1. The van der Waals surface area contributed by atoms with Gasteiger partial charge < -0.3 is 4.74 Å². The molecule has 0 amide bonds. The maximum Gasteiger partial charge on any atom is 0.332 e. The number of hydrogen-bond donors (Lipinski definition) is 0. The van der Waals surface area contributed by atoms with E-state index in [1.54, 1.807) is 23.7 Å². The lowest BCUT2D eigenvalue weighted by atomic mass is 9.84. The molecule has 0 aliphatic heterocycles. The highest BCUT2D eigenvalue weighted by atomic mass is 35.5. The van der Waals surface area contributed by atoms with Crippen LogP contribution in [0, 0.1) is 0 Å². The van der Waals surface area contributed by atoms with E-state index in [9.17, 15) is 9.59 Å². The third-order valence-electron chi connectivity index (χ3n) is 6.76. The fraction of sp³-hybridized carbons (Fsp3) is 0.346. The van der Waals surface area contributed by atoms with Gasteiger partial charge >= 0.3 is 11.7 Å². The van der Waals surface area contributed by atoms with E-state index < -0.39 is 11.2 Å². The van der Waals surface area contributed by atoms with E-state index >= 15 is 0 Å². The van der Waals surface area contributed by atoms with Gasteiger partial charge in [0, 0.05) is 24.1 Å². The number of fused-ring (bicyclic) bond motifs is 1. The topological polar surface area (TPSA) is 71.1 Å². The second-order valence-corrected chi connectivity index (χ2v) is 9.98. The van der Waals surface area contributed by atoms with E-state index in [1.165, 1.54) is 30.9 Å². The van der Waals surface area contributed by atoms with Crippen molar-refractivity contribution in [3.63, 3.8) is 0 Å². The van der Waals surface area contributed by atoms with Crippen molar-refractivity contribution in [1.82, 2.24) is 18.7 Å². The second-order valence-electron chi connectivity index (χ2n) is 9.11. The van der Waals surface area contributed by atoms with Gasteiger partial charge in [0.05, 0.1) is 6.54 Å². The molecule has 1 aliphatic rings. The van der Waals surface area contributed by atoms with Crippen molar-refractivity contribution in [1.29, 1.82) is 0 Å². The van der Waals surface area contributed by atoms with Gasteiger partial charge in [0.1, 0.15) is 5.75 Å². The van der Waals surface area contributed by atoms with Gasteiger partial charge in [-0.3, -0.25) is 18.5 Å². The molecule has 35 heavy (non-hydrogen) atoms. The molecule has 7 nitrogen and oxygen atoms in total. The van der Waals surface area contributed by atoms with Gasteiger partial charge in [-0.2, -0.15) is 4.98 Å². The molecule has 2 heterocycles. The summed E-state index contributed by atoms with van der Waals surface area (Å²) in [6, 6.07) is 13.2. The zero-order chi connectivity index (χ0) is 24.7. The number of hydrogen-bond acceptors (Lipinski definition) is 4. The summed E-state index contributed by atoms with van der Waals surface area (Å²) >= 11 is 12.6. The van der Waals surface area contributed by atoms with Crippen molar-refractivity contribution >= 4 is 34.4 Å². The van der Waals surface area contributed by atoms with E-state index in [0.29, 0.717) is 28.3 Å². The van der Waals surface area contributed by atoms with Crippen LogP contribution in [0.25, 0.3) is 11.2 Å². The summed E-state index contributed by atoms with van der Waals surface area (Å²) in [6.07, 6.45) is 5.72. The molecule has 2 aromatic heterocycles. The zero-order valence-electron chi connectivity index (χ0n) is 19.6. The van der Waals surface area contributed by atoms with Crippen LogP contribution in [0.5, 0.6) is 11.8 Å². The maximum absolute atomic E-state index is 13.2. The zero-order valence-corrected chi connectivity index (χ0v) is 21.1. The average molecular weight is 513 g/mol. The maximum atomic E-state index is 13.2. The molecule has 0 atom stereocenters. The van der Waals surface area contributed by atoms with Gasteiger partial charge in [-0.05, 0) is 60.2 Å². The predicted octanol–water partition coefficient (Wildman–Crippen LogP) is 5.63. The lowest BCUT2D eigenvalue weighted by Crippen LogP contribution is -2.37. The summed E-state index contributed by atoms with van der Waals surface area (Å²) in [4.78, 5) is 30.4. The Kier molecular flexibility index (Phi) is 6.47. The fourth-order valence-electron chi connectivity index (χ4n) is 4.91. The first-order valence-corrected chi connectivity index (χ1v) is 12.5. The first kappa shape index (κ1) is 23.7. The van der Waals surface area contributed by atoms with Crippen LogP contribution in [-0.2, 0) is 20.6 Å². The van der Waals surface area contributed by atoms with E-state index in [1.807, 2.05) is 30.3 Å². The number of nitrogens with zero attached hydrogens (tertiary/aromatic N) is 4. The Bertz CT molecular complexity index is 1530. The van der Waals surface area contributed by atoms with E-state index in [4.69, 9.17) is 27.9 Å². The van der Waals surface area contributed by atoms with Crippen molar-refractivity contribution in [2.75, 3.05) is 0 Å². The Labute approximate surface area is 212 Å². The monoisotopic (exact) mass is 512 g/mol. The normalized spacial score (nSPS) is 14.5. The Morgan fingerprint density at radius 2 is 1.71 bits per heavy atom. The first-order valence-electron chi connectivity index (χ1n) is 11.7. The molecule has 9 heteroatoms. The molecular formula is C26H26Cl2N4O3. The molecule has 0 spiro atoms. The van der Waals surface area contributed by atoms with Gasteiger partial charge in [-0.1, -0.05) is 54.6 Å². The van der Waals surface area contributed by atoms with Gasteiger partial charge in [-0.15, -0.1) is 0 Å². The van der Waals surface area contributed by atoms with Gasteiger partial charge in [0.2, 0.25) is 0 Å². The second kappa shape index (κ2) is 9.55. The van der Waals surface area contributed by atoms with Gasteiger partial charge in [0.15, 0.2) is 11.2 Å². The van der Waals surface area contributed by atoms with Crippen molar-refractivity contribution < 1.29 is 4.74 Å². The fourth-order valence-corrected chi connectivity index (χ4v) is 5.31. The van der Waals surface area contributed by atoms with E-state index in [2.05, 4.69) is 4.98 Å². The molecule has 0 bridgehead atoms. The summed E-state index contributed by atoms with van der Waals surface area (Å²) in [5, 5.41) is 1.24. The first-order chi connectivity index (χ1) is 16.8. The van der Waals surface area contributed by atoms with Crippen LogP contribution in [0.15, 0.2) is 52.1 Å². The summed E-state index contributed by atoms with van der Waals surface area (Å²) in [6.45, 7) is 0.298. The van der Waals surface area contributed by atoms with Crippen LogP contribution in [-0.4, -0.2) is 18.7 Å². The SMILES string of the molecule is Cn1c(=O)c2c(nc(Oc3ccc(Cl)cc3C3CCCCC3)n2Cc2cccc(Cl)c2)n(C)c1=O. The lowest BCUT2D eigenvalue weighted by Gasteiger charge is -2.24. The molecule has 4 aromatic rings. The lowest BCUT2D eigenvalue weighted by molar-refractivity contribution is 0.394. The molecule has 0 saturated heterocycles. The smallest absolute Gasteiger partial charge is 0.332 e. The third kappa shape index (κ3) is 4.50. The van der Waals surface area contributed by atoms with Gasteiger partial charge in [-0.25, -0.2) is 4.79 Å². The van der Waals surface area contributed by atoms with E-state index in [0.717, 1.165) is 28.5 Å². The Morgan fingerprint density at radius 3 is 2.46 bits per heavy atom. The van der Waals surface area contributed by atoms with Crippen molar-refractivity contribution in [3.05, 3.63) is 84.5 Å². The summed E-state index contributed by atoms with van der Waals surface area (Å²) in [7, 11) is 3.06. The summed E-state index contributed by atoms with van der Waals surface area (Å²) in [5.41, 5.74) is 1.59. The van der Waals surface area contributed by atoms with Crippen molar-refractivity contribution in [2.24, 2.45) is 14.1 Å². The van der Waals surface area contributed by atoms with Crippen LogP contribution in [0.4, 0.5) is 0 Å². The average Bonchev–Trinajstić information content (AvgIpc) is 3.21. The number of benzene rings is 2. The molecule has 5 rings (SSSR count). The van der Waals surface area contributed by atoms with Crippen molar-refractivity contribution in [3.8, 4) is 11.8 Å². The Hall–Kier alpha value is -3.03. The number of aromatic nitrogens is 4. The molecule has 182 valence electrons. The van der Waals surface area contributed by atoms with Crippen LogP contribution >= 0.6 is 23.2 Å². The summed E-state index contributed by atoms with van der Waals surface area (Å²) < 4.78 is 10.6. The molecule has 2 aromatic carbocycles. The molecule has 0 N–H and O–H groups in total. The molecule has 1 aliphatic carbocycles. The minimum atomic E-state index is -0.448. The Balaban J connectivity index is 1.68. The number of imidazole rings is 1. The molecule has 0 radical (unpaired) electrons. The molecule has 1 fully saturated rings. The van der Waals surface area contributed by atoms with Crippen LogP contribution < -0.4 is 16.0 Å². The quantitative estimate of drug-likeness (QED) is 0.347. The van der Waals surface area contributed by atoms with Gasteiger partial charge in [0.25, 0.3) is 5.56 Å². The number of halogens is 2. The van der Waals surface area contributed by atoms with Crippen LogP contribution in [0.3, 0.4) is 0 Å². The third-order valence-corrected chi connectivity index (χ3v) is 7.23. The van der Waals surface area contributed by atoms with Crippen LogP contribution in [0.1, 0.15) is 49.1 Å². The molecule has 0 unspecified atom stereocenters. The summed E-state index contributed by atoms with van der Waals surface area (Å²) in [5.74, 6) is 1.01. The minimum absolute atomic E-state index is 0.234. The largest absolute Gasteiger partial charge is 0.425 e. The number of rotatable bonds is 5. The Morgan fingerprint density at radius 1 is 0.971 bits per heavy atom. The number of aryl methyl sites for hydroxylation is 1. The highest BCUT2D eigenvalue weighted by molar-refractivity contribution is 6.30. The highest BCUT2D eigenvalue weighted by Crippen LogP contribution is 2.40. The van der Waals surface area contributed by atoms with E-state index in [-0.39, 0.29) is 17.2 Å². The van der Waals surface area contributed by atoms with Crippen LogP contribution in [0.2, 0.25) is 10.0 Å². The minimum Gasteiger partial charge on any atom is -0.425 e. The standard InChI is InChI=1S/C26H26Cl2N4O3/c1-30-23-22(24(33)31(2)26(30)34)32(15-16-7-6-10-18(27)13-16)25(29-23)35-21-12-11-19(28)14-20(21)17-8-4-3-5-9-17/h6-7,10-14,17H,3-5,8-9,15H2,1-2H3.